The zero-order valence-electron chi connectivity index (χ0n) is 11.8. The monoisotopic (exact) mass is 300 g/mol. The third-order valence-corrected chi connectivity index (χ3v) is 3.71. The highest BCUT2D eigenvalue weighted by Gasteiger charge is 2.24. The van der Waals surface area contributed by atoms with Gasteiger partial charge in [0.15, 0.2) is 11.5 Å². The third-order valence-electron chi connectivity index (χ3n) is 3.50. The van der Waals surface area contributed by atoms with E-state index >= 15 is 0 Å². The molecular formula is C14H21ClN2O3. The molecule has 1 aliphatic rings. The number of rotatable bonds is 4. The van der Waals surface area contributed by atoms with Crippen molar-refractivity contribution in [3.05, 3.63) is 22.7 Å². The smallest absolute Gasteiger partial charge is 0.162 e. The molecule has 0 saturated carbocycles. The van der Waals surface area contributed by atoms with E-state index in [4.69, 9.17) is 26.8 Å². The molecule has 0 amide bonds. The molecule has 0 bridgehead atoms. The molecule has 1 aliphatic heterocycles. The molecule has 20 heavy (non-hydrogen) atoms. The van der Waals surface area contributed by atoms with Crippen LogP contribution < -0.4 is 10.5 Å². The maximum atomic E-state index is 10.2. The Balaban J connectivity index is 2.11. The van der Waals surface area contributed by atoms with Crippen molar-refractivity contribution >= 4 is 11.6 Å². The minimum Gasteiger partial charge on any atom is -0.504 e. The average Bonchev–Trinajstić information content (AvgIpc) is 2.42. The number of methoxy groups -OCH3 is 1. The van der Waals surface area contributed by atoms with Crippen LogP contribution in [0.25, 0.3) is 0 Å². The minimum atomic E-state index is -0.0136. The Morgan fingerprint density at radius 2 is 2.35 bits per heavy atom. The summed E-state index contributed by atoms with van der Waals surface area (Å²) in [6.07, 6.45) is 0.0203. The van der Waals surface area contributed by atoms with Crippen molar-refractivity contribution in [1.29, 1.82) is 0 Å². The SMILES string of the molecule is COc1cc(Cl)cc(CN2CCOC(C(C)N)C2)c1O. The van der Waals surface area contributed by atoms with Crippen molar-refractivity contribution in [2.24, 2.45) is 5.73 Å². The molecule has 5 nitrogen and oxygen atoms in total. The summed E-state index contributed by atoms with van der Waals surface area (Å²) in [5.41, 5.74) is 6.63. The fourth-order valence-electron chi connectivity index (χ4n) is 2.34. The maximum Gasteiger partial charge on any atom is 0.162 e. The van der Waals surface area contributed by atoms with Crippen molar-refractivity contribution in [2.75, 3.05) is 26.8 Å². The quantitative estimate of drug-likeness (QED) is 0.884. The number of morpholine rings is 1. The lowest BCUT2D eigenvalue weighted by Crippen LogP contribution is -2.49. The summed E-state index contributed by atoms with van der Waals surface area (Å²) in [4.78, 5) is 2.20. The molecule has 6 heteroatoms. The predicted molar refractivity (Wildman–Crippen MR) is 78.3 cm³/mol. The van der Waals surface area contributed by atoms with Gasteiger partial charge in [0, 0.05) is 42.3 Å². The van der Waals surface area contributed by atoms with Crippen molar-refractivity contribution in [3.63, 3.8) is 0 Å². The fraction of sp³-hybridized carbons (Fsp3) is 0.571. The number of benzene rings is 1. The highest BCUT2D eigenvalue weighted by atomic mass is 35.5. The Morgan fingerprint density at radius 3 is 3.00 bits per heavy atom. The fourth-order valence-corrected chi connectivity index (χ4v) is 2.57. The molecule has 3 N–H and O–H groups in total. The molecule has 0 spiro atoms. The molecule has 1 aromatic rings. The van der Waals surface area contributed by atoms with Gasteiger partial charge >= 0.3 is 0 Å². The van der Waals surface area contributed by atoms with Gasteiger partial charge in [0.25, 0.3) is 0 Å². The average molecular weight is 301 g/mol. The van der Waals surface area contributed by atoms with Gasteiger partial charge in [-0.15, -0.1) is 0 Å². The Morgan fingerprint density at radius 1 is 1.60 bits per heavy atom. The number of ether oxygens (including phenoxy) is 2. The molecule has 2 unspecified atom stereocenters. The van der Waals surface area contributed by atoms with Crippen molar-refractivity contribution in [2.45, 2.75) is 25.6 Å². The van der Waals surface area contributed by atoms with Crippen LogP contribution in [-0.4, -0.2) is 49.0 Å². The number of hydrogen-bond acceptors (Lipinski definition) is 5. The first kappa shape index (κ1) is 15.4. The van der Waals surface area contributed by atoms with Crippen LogP contribution in [0.5, 0.6) is 11.5 Å². The summed E-state index contributed by atoms with van der Waals surface area (Å²) in [5, 5.41) is 10.7. The van der Waals surface area contributed by atoms with E-state index in [1.54, 1.807) is 12.1 Å². The molecule has 2 atom stereocenters. The highest BCUT2D eigenvalue weighted by molar-refractivity contribution is 6.30. The second-order valence-corrected chi connectivity index (χ2v) is 5.56. The summed E-state index contributed by atoms with van der Waals surface area (Å²) >= 11 is 6.04. The number of phenolic OH excluding ortho intramolecular Hbond substituents is 1. The van der Waals surface area contributed by atoms with Gasteiger partial charge in [0.05, 0.1) is 19.8 Å². The summed E-state index contributed by atoms with van der Waals surface area (Å²) in [6, 6.07) is 3.35. The zero-order chi connectivity index (χ0) is 14.7. The standard InChI is InChI=1S/C14H21ClN2O3/c1-9(16)13-8-17(3-4-20-13)7-10-5-11(15)6-12(19-2)14(10)18/h5-6,9,13,18H,3-4,7-8,16H2,1-2H3. The summed E-state index contributed by atoms with van der Waals surface area (Å²) in [7, 11) is 1.51. The van der Waals surface area contributed by atoms with E-state index in [1.165, 1.54) is 7.11 Å². The van der Waals surface area contributed by atoms with Gasteiger partial charge in [-0.2, -0.15) is 0 Å². The van der Waals surface area contributed by atoms with Crippen molar-refractivity contribution in [1.82, 2.24) is 4.90 Å². The molecule has 112 valence electrons. The Hall–Kier alpha value is -1.01. The van der Waals surface area contributed by atoms with Gasteiger partial charge in [0.1, 0.15) is 0 Å². The molecular weight excluding hydrogens is 280 g/mol. The van der Waals surface area contributed by atoms with Gasteiger partial charge in [0.2, 0.25) is 0 Å². The second-order valence-electron chi connectivity index (χ2n) is 5.12. The van der Waals surface area contributed by atoms with E-state index < -0.39 is 0 Å². The minimum absolute atomic E-state index is 0.0136. The first-order chi connectivity index (χ1) is 9.51. The first-order valence-electron chi connectivity index (χ1n) is 6.66. The van der Waals surface area contributed by atoms with Crippen LogP contribution in [0.15, 0.2) is 12.1 Å². The largest absolute Gasteiger partial charge is 0.504 e. The van der Waals surface area contributed by atoms with Crippen molar-refractivity contribution < 1.29 is 14.6 Å². The lowest BCUT2D eigenvalue weighted by molar-refractivity contribution is -0.0405. The Labute approximate surface area is 124 Å². The van der Waals surface area contributed by atoms with Gasteiger partial charge in [-0.1, -0.05) is 11.6 Å². The Bertz CT molecular complexity index is 468. The molecule has 1 heterocycles. The van der Waals surface area contributed by atoms with Crippen molar-refractivity contribution in [3.8, 4) is 11.5 Å². The van der Waals surface area contributed by atoms with Gasteiger partial charge in [-0.3, -0.25) is 4.90 Å². The van der Waals surface area contributed by atoms with Crippen LogP contribution in [0.3, 0.4) is 0 Å². The van der Waals surface area contributed by atoms with Crippen LogP contribution in [0.4, 0.5) is 0 Å². The van der Waals surface area contributed by atoms with E-state index in [0.717, 1.165) is 18.7 Å². The molecule has 0 aliphatic carbocycles. The molecule has 1 aromatic carbocycles. The number of hydrogen-bond donors (Lipinski definition) is 2. The lowest BCUT2D eigenvalue weighted by Gasteiger charge is -2.34. The van der Waals surface area contributed by atoms with E-state index in [0.29, 0.717) is 23.9 Å². The zero-order valence-corrected chi connectivity index (χ0v) is 12.6. The van der Waals surface area contributed by atoms with E-state index in [1.807, 2.05) is 6.92 Å². The first-order valence-corrected chi connectivity index (χ1v) is 7.04. The number of halogens is 1. The van der Waals surface area contributed by atoms with Crippen LogP contribution >= 0.6 is 11.6 Å². The van der Waals surface area contributed by atoms with Gasteiger partial charge in [-0.25, -0.2) is 0 Å². The van der Waals surface area contributed by atoms with E-state index in [-0.39, 0.29) is 17.9 Å². The number of nitrogens with zero attached hydrogens (tertiary/aromatic N) is 1. The summed E-state index contributed by atoms with van der Waals surface area (Å²) in [6.45, 7) is 4.72. The maximum absolute atomic E-state index is 10.2. The predicted octanol–water partition coefficient (Wildman–Crippen LogP) is 1.60. The second kappa shape index (κ2) is 6.63. The molecule has 0 aromatic heterocycles. The topological polar surface area (TPSA) is 68.0 Å². The summed E-state index contributed by atoms with van der Waals surface area (Å²) < 4.78 is 10.7. The van der Waals surface area contributed by atoms with E-state index in [9.17, 15) is 5.11 Å². The molecule has 0 radical (unpaired) electrons. The molecule has 2 rings (SSSR count). The summed E-state index contributed by atoms with van der Waals surface area (Å²) in [5.74, 6) is 0.533. The van der Waals surface area contributed by atoms with Gasteiger partial charge in [-0.05, 0) is 13.0 Å². The van der Waals surface area contributed by atoms with Crippen LogP contribution in [0.2, 0.25) is 5.02 Å². The number of phenols is 1. The normalized spacial score (nSPS) is 21.7. The number of nitrogens with two attached hydrogens (primary N) is 1. The third kappa shape index (κ3) is 3.55. The van der Waals surface area contributed by atoms with Gasteiger partial charge < -0.3 is 20.3 Å². The van der Waals surface area contributed by atoms with E-state index in [2.05, 4.69) is 4.90 Å². The number of aromatic hydroxyl groups is 1. The lowest BCUT2D eigenvalue weighted by atomic mass is 10.1. The van der Waals surface area contributed by atoms with Crippen LogP contribution in [-0.2, 0) is 11.3 Å². The highest BCUT2D eigenvalue weighted by Crippen LogP contribution is 2.34. The Kier molecular flexibility index (Phi) is 5.10. The van der Waals surface area contributed by atoms with Crippen LogP contribution in [0, 0.1) is 0 Å². The molecule has 1 saturated heterocycles. The molecule has 1 fully saturated rings. The van der Waals surface area contributed by atoms with Crippen LogP contribution in [0.1, 0.15) is 12.5 Å².